The van der Waals surface area contributed by atoms with Crippen molar-refractivity contribution < 1.29 is 25.5 Å². The Morgan fingerprint density at radius 2 is 1.50 bits per heavy atom. The number of thioether (sulfide) groups is 1. The molecule has 1 saturated heterocycles. The lowest BCUT2D eigenvalue weighted by molar-refractivity contribution is -0.0953. The summed E-state index contributed by atoms with van der Waals surface area (Å²) >= 11 is 0.852. The molecule has 0 aromatic heterocycles. The lowest BCUT2D eigenvalue weighted by Gasteiger charge is -2.36. The van der Waals surface area contributed by atoms with E-state index in [1.807, 2.05) is 0 Å². The Balaban J connectivity index is 2.63. The van der Waals surface area contributed by atoms with Crippen LogP contribution in [0.1, 0.15) is 0 Å². The SMILES string of the molecule is OC[C@H]1S[C@@H](O)[C@@H](O)[C@@H](O)[C@H]1O. The number of aliphatic hydroxyl groups is 5. The molecule has 72 valence electrons. The smallest absolute Gasteiger partial charge is 0.128 e. The summed E-state index contributed by atoms with van der Waals surface area (Å²) in [5.41, 5.74) is -1.15. The number of aliphatic hydroxyl groups excluding tert-OH is 5. The van der Waals surface area contributed by atoms with Gasteiger partial charge in [-0.2, -0.15) is 0 Å². The molecule has 0 aromatic carbocycles. The zero-order chi connectivity index (χ0) is 9.30. The molecular formula is C6H12O5S. The Morgan fingerprint density at radius 1 is 0.917 bits per heavy atom. The van der Waals surface area contributed by atoms with E-state index in [0.717, 1.165) is 11.8 Å². The Labute approximate surface area is 73.7 Å². The first-order valence-corrected chi connectivity index (χ1v) is 4.50. The molecule has 0 unspecified atom stereocenters. The Hall–Kier alpha value is 0.150. The maximum atomic E-state index is 9.22. The zero-order valence-electron chi connectivity index (χ0n) is 6.24. The quantitative estimate of drug-likeness (QED) is 0.318. The summed E-state index contributed by atoms with van der Waals surface area (Å²) in [6.07, 6.45) is -3.94. The summed E-state index contributed by atoms with van der Waals surface area (Å²) < 4.78 is 0. The second kappa shape index (κ2) is 3.91. The minimum absolute atomic E-state index is 0.341. The van der Waals surface area contributed by atoms with Gasteiger partial charge < -0.3 is 25.5 Å². The van der Waals surface area contributed by atoms with E-state index in [0.29, 0.717) is 0 Å². The van der Waals surface area contributed by atoms with Gasteiger partial charge in [-0.3, -0.25) is 0 Å². The van der Waals surface area contributed by atoms with Gasteiger partial charge in [0.15, 0.2) is 0 Å². The topological polar surface area (TPSA) is 101 Å². The fourth-order valence-electron chi connectivity index (χ4n) is 1.08. The van der Waals surface area contributed by atoms with Crippen LogP contribution >= 0.6 is 11.8 Å². The molecule has 1 fully saturated rings. The first kappa shape index (κ1) is 10.2. The Bertz CT molecular complexity index is 150. The molecule has 12 heavy (non-hydrogen) atoms. The van der Waals surface area contributed by atoms with Gasteiger partial charge in [0, 0.05) is 0 Å². The van der Waals surface area contributed by atoms with Crippen molar-refractivity contribution in [2.45, 2.75) is 29.0 Å². The minimum Gasteiger partial charge on any atom is -0.395 e. The average molecular weight is 196 g/mol. The van der Waals surface area contributed by atoms with Crippen LogP contribution in [-0.4, -0.2) is 61.1 Å². The van der Waals surface area contributed by atoms with E-state index in [-0.39, 0.29) is 6.61 Å². The predicted octanol–water partition coefficient (Wildman–Crippen LogP) is -2.50. The van der Waals surface area contributed by atoms with Crippen molar-refractivity contribution in [1.82, 2.24) is 0 Å². The van der Waals surface area contributed by atoms with E-state index in [9.17, 15) is 5.11 Å². The summed E-state index contributed by atoms with van der Waals surface area (Å²) in [6, 6.07) is 0. The van der Waals surface area contributed by atoms with E-state index in [1.165, 1.54) is 0 Å². The van der Waals surface area contributed by atoms with Crippen molar-refractivity contribution in [3.63, 3.8) is 0 Å². The summed E-state index contributed by atoms with van der Waals surface area (Å²) in [5, 5.41) is 44.6. The molecule has 1 aliphatic heterocycles. The van der Waals surface area contributed by atoms with Gasteiger partial charge in [-0.25, -0.2) is 0 Å². The molecule has 5 atom stereocenters. The maximum absolute atomic E-state index is 9.22. The van der Waals surface area contributed by atoms with Crippen LogP contribution in [0.15, 0.2) is 0 Å². The van der Waals surface area contributed by atoms with Gasteiger partial charge in [0.05, 0.1) is 18.0 Å². The third-order valence-corrected chi connectivity index (χ3v) is 3.20. The summed E-state index contributed by atoms with van der Waals surface area (Å²) in [5.74, 6) is 0. The molecule has 5 N–H and O–H groups in total. The molecule has 6 heteroatoms. The van der Waals surface area contributed by atoms with Gasteiger partial charge in [-0.05, 0) is 0 Å². The highest BCUT2D eigenvalue weighted by Gasteiger charge is 2.42. The highest BCUT2D eigenvalue weighted by Crippen LogP contribution is 2.30. The van der Waals surface area contributed by atoms with Crippen molar-refractivity contribution in [2.75, 3.05) is 6.61 Å². The van der Waals surface area contributed by atoms with E-state index >= 15 is 0 Å². The van der Waals surface area contributed by atoms with Gasteiger partial charge in [0.25, 0.3) is 0 Å². The Kier molecular flexibility index (Phi) is 3.33. The zero-order valence-corrected chi connectivity index (χ0v) is 7.05. The second-order valence-electron chi connectivity index (χ2n) is 2.72. The second-order valence-corrected chi connectivity index (χ2v) is 4.08. The van der Waals surface area contributed by atoms with Crippen molar-refractivity contribution in [3.05, 3.63) is 0 Å². The van der Waals surface area contributed by atoms with E-state index in [2.05, 4.69) is 0 Å². The standard InChI is InChI=1S/C6H12O5S/c7-1-2-3(8)4(9)5(10)6(11)12-2/h2-11H,1H2/t2-,3+,4+,5+,6-/m1/s1. The van der Waals surface area contributed by atoms with Crippen molar-refractivity contribution in [2.24, 2.45) is 0 Å². The fourth-order valence-corrected chi connectivity index (χ4v) is 2.17. The molecule has 1 aliphatic rings. The largest absolute Gasteiger partial charge is 0.395 e. The van der Waals surface area contributed by atoms with Gasteiger partial charge in [-0.15, -0.1) is 11.8 Å². The van der Waals surface area contributed by atoms with E-state index in [4.69, 9.17) is 20.4 Å². The van der Waals surface area contributed by atoms with Crippen molar-refractivity contribution in [1.29, 1.82) is 0 Å². The molecule has 0 saturated carbocycles. The molecule has 1 heterocycles. The lowest BCUT2D eigenvalue weighted by Crippen LogP contribution is -2.53. The molecule has 5 nitrogen and oxygen atoms in total. The van der Waals surface area contributed by atoms with Crippen LogP contribution in [0.4, 0.5) is 0 Å². The van der Waals surface area contributed by atoms with Crippen LogP contribution in [0.3, 0.4) is 0 Å². The van der Waals surface area contributed by atoms with Gasteiger partial charge in [0.2, 0.25) is 0 Å². The average Bonchev–Trinajstić information content (AvgIpc) is 2.08. The van der Waals surface area contributed by atoms with E-state index in [1.54, 1.807) is 0 Å². The number of hydrogen-bond acceptors (Lipinski definition) is 6. The molecule has 0 amide bonds. The maximum Gasteiger partial charge on any atom is 0.128 e. The van der Waals surface area contributed by atoms with Crippen LogP contribution in [0, 0.1) is 0 Å². The summed E-state index contributed by atoms with van der Waals surface area (Å²) in [6.45, 7) is -0.341. The van der Waals surface area contributed by atoms with Crippen molar-refractivity contribution >= 4 is 11.8 Å². The molecule has 0 radical (unpaired) electrons. The van der Waals surface area contributed by atoms with Gasteiger partial charge in [-0.1, -0.05) is 0 Å². The van der Waals surface area contributed by atoms with Crippen LogP contribution in [0.5, 0.6) is 0 Å². The molecule has 1 rings (SSSR count). The van der Waals surface area contributed by atoms with E-state index < -0.39 is 29.0 Å². The summed E-state index contributed by atoms with van der Waals surface area (Å²) in [7, 11) is 0. The van der Waals surface area contributed by atoms with Crippen LogP contribution < -0.4 is 0 Å². The Morgan fingerprint density at radius 3 is 2.00 bits per heavy atom. The first-order chi connectivity index (χ1) is 5.57. The van der Waals surface area contributed by atoms with Crippen LogP contribution in [0.2, 0.25) is 0 Å². The molecule has 0 bridgehead atoms. The minimum atomic E-state index is -1.39. The predicted molar refractivity (Wildman–Crippen MR) is 42.5 cm³/mol. The van der Waals surface area contributed by atoms with Crippen LogP contribution in [-0.2, 0) is 0 Å². The number of rotatable bonds is 1. The number of hydrogen-bond donors (Lipinski definition) is 5. The van der Waals surface area contributed by atoms with Crippen LogP contribution in [0.25, 0.3) is 0 Å². The molecule has 0 aliphatic carbocycles. The highest BCUT2D eigenvalue weighted by atomic mass is 32.2. The monoisotopic (exact) mass is 196 g/mol. The molecule has 0 spiro atoms. The van der Waals surface area contributed by atoms with Crippen molar-refractivity contribution in [3.8, 4) is 0 Å². The molecule has 0 aromatic rings. The molecular weight excluding hydrogens is 184 g/mol. The normalized spacial score (nSPS) is 49.2. The lowest BCUT2D eigenvalue weighted by atomic mass is 10.0. The third-order valence-electron chi connectivity index (χ3n) is 1.87. The fraction of sp³-hybridized carbons (Fsp3) is 1.00. The first-order valence-electron chi connectivity index (χ1n) is 3.56. The van der Waals surface area contributed by atoms with Gasteiger partial charge in [0.1, 0.15) is 17.6 Å². The third kappa shape index (κ3) is 1.73. The van der Waals surface area contributed by atoms with Gasteiger partial charge >= 0.3 is 0 Å². The highest BCUT2D eigenvalue weighted by molar-refractivity contribution is 8.00. The summed E-state index contributed by atoms with van der Waals surface area (Å²) in [4.78, 5) is 0.